The van der Waals surface area contributed by atoms with E-state index in [1.54, 1.807) is 0 Å². The molecule has 0 heterocycles. The van der Waals surface area contributed by atoms with Crippen molar-refractivity contribution in [1.82, 2.24) is 0 Å². The van der Waals surface area contributed by atoms with Gasteiger partial charge in [0.2, 0.25) is 0 Å². The first-order valence-electron chi connectivity index (χ1n) is 3.13. The van der Waals surface area contributed by atoms with Crippen LogP contribution in [0.3, 0.4) is 0 Å². The maximum atomic E-state index is 8.54. The standard InChI is InChI=1S/C7H9BNO/c9-5-6-1-3-7(8-10)4-2-6/h1-4,10H,5,9H2. The summed E-state index contributed by atoms with van der Waals surface area (Å²) >= 11 is 0. The molecule has 3 N–H and O–H groups in total. The van der Waals surface area contributed by atoms with Crippen LogP contribution in [0, 0.1) is 0 Å². The van der Waals surface area contributed by atoms with Crippen LogP contribution in [0.2, 0.25) is 0 Å². The van der Waals surface area contributed by atoms with Crippen molar-refractivity contribution in [1.29, 1.82) is 0 Å². The van der Waals surface area contributed by atoms with Gasteiger partial charge in [0.05, 0.1) is 0 Å². The van der Waals surface area contributed by atoms with Gasteiger partial charge in [-0.2, -0.15) is 0 Å². The monoisotopic (exact) mass is 134 g/mol. The van der Waals surface area contributed by atoms with Gasteiger partial charge in [-0.05, 0) is 5.56 Å². The Balaban J connectivity index is 2.80. The second kappa shape index (κ2) is 3.39. The van der Waals surface area contributed by atoms with Crippen LogP contribution >= 0.6 is 0 Å². The molecule has 0 saturated heterocycles. The number of hydrogen-bond donors (Lipinski definition) is 2. The van der Waals surface area contributed by atoms with E-state index in [4.69, 9.17) is 10.8 Å². The normalized spacial score (nSPS) is 9.40. The van der Waals surface area contributed by atoms with Crippen LogP contribution in [-0.4, -0.2) is 12.5 Å². The molecule has 0 unspecified atom stereocenters. The van der Waals surface area contributed by atoms with E-state index in [9.17, 15) is 0 Å². The van der Waals surface area contributed by atoms with Crippen LogP contribution in [0.1, 0.15) is 5.56 Å². The molecule has 0 aromatic heterocycles. The molecule has 3 heteroatoms. The Morgan fingerprint density at radius 2 is 1.90 bits per heavy atom. The van der Waals surface area contributed by atoms with Gasteiger partial charge in [-0.3, -0.25) is 0 Å². The quantitative estimate of drug-likeness (QED) is 0.529. The van der Waals surface area contributed by atoms with Gasteiger partial charge in [0.25, 0.3) is 0 Å². The molecule has 0 amide bonds. The van der Waals surface area contributed by atoms with Crippen molar-refractivity contribution in [3.05, 3.63) is 29.8 Å². The lowest BCUT2D eigenvalue weighted by atomic mass is 9.88. The molecule has 0 bridgehead atoms. The van der Waals surface area contributed by atoms with Gasteiger partial charge in [0.1, 0.15) is 0 Å². The number of nitrogens with two attached hydrogens (primary N) is 1. The number of rotatable bonds is 2. The molecule has 0 atom stereocenters. The van der Waals surface area contributed by atoms with Gasteiger partial charge in [-0.25, -0.2) is 0 Å². The fourth-order valence-corrected chi connectivity index (χ4v) is 0.740. The lowest BCUT2D eigenvalue weighted by Gasteiger charge is -1.96. The second-order valence-electron chi connectivity index (χ2n) is 2.07. The summed E-state index contributed by atoms with van der Waals surface area (Å²) in [6.45, 7) is 0.547. The van der Waals surface area contributed by atoms with Gasteiger partial charge in [-0.1, -0.05) is 29.7 Å². The van der Waals surface area contributed by atoms with E-state index in [0.717, 1.165) is 18.5 Å². The summed E-state index contributed by atoms with van der Waals surface area (Å²) in [5.41, 5.74) is 7.25. The topological polar surface area (TPSA) is 46.2 Å². The highest BCUT2D eigenvalue weighted by Gasteiger charge is 1.91. The summed E-state index contributed by atoms with van der Waals surface area (Å²) in [4.78, 5) is 0. The first kappa shape index (κ1) is 7.31. The zero-order valence-electron chi connectivity index (χ0n) is 5.62. The average Bonchev–Trinajstić information content (AvgIpc) is 2.05. The van der Waals surface area contributed by atoms with E-state index in [-0.39, 0.29) is 0 Å². The molecule has 0 aliphatic carbocycles. The predicted molar refractivity (Wildman–Crippen MR) is 41.9 cm³/mol. The molecule has 1 aromatic rings. The molecular formula is C7H9BNO. The van der Waals surface area contributed by atoms with Crippen molar-refractivity contribution in [2.45, 2.75) is 6.54 Å². The van der Waals surface area contributed by atoms with Gasteiger partial charge >= 0.3 is 7.48 Å². The van der Waals surface area contributed by atoms with Gasteiger partial charge in [0.15, 0.2) is 0 Å². The highest BCUT2D eigenvalue weighted by Crippen LogP contribution is 1.93. The van der Waals surface area contributed by atoms with Crippen molar-refractivity contribution < 1.29 is 5.02 Å². The molecule has 1 rings (SSSR count). The first-order valence-corrected chi connectivity index (χ1v) is 3.13. The van der Waals surface area contributed by atoms with Crippen molar-refractivity contribution >= 4 is 12.9 Å². The second-order valence-corrected chi connectivity index (χ2v) is 2.07. The van der Waals surface area contributed by atoms with Crippen LogP contribution in [0.25, 0.3) is 0 Å². The highest BCUT2D eigenvalue weighted by atomic mass is 16.2. The summed E-state index contributed by atoms with van der Waals surface area (Å²) in [6.07, 6.45) is 0. The summed E-state index contributed by atoms with van der Waals surface area (Å²) in [5, 5.41) is 8.54. The van der Waals surface area contributed by atoms with Gasteiger partial charge < -0.3 is 10.8 Å². The third kappa shape index (κ3) is 1.59. The Labute approximate surface area is 61.0 Å². The van der Waals surface area contributed by atoms with Crippen LogP contribution < -0.4 is 11.2 Å². The maximum Gasteiger partial charge on any atom is 0.326 e. The third-order valence-electron chi connectivity index (χ3n) is 1.36. The minimum atomic E-state index is 0.547. The Hall–Kier alpha value is -0.795. The third-order valence-corrected chi connectivity index (χ3v) is 1.36. The molecule has 10 heavy (non-hydrogen) atoms. The van der Waals surface area contributed by atoms with E-state index >= 15 is 0 Å². The zero-order valence-corrected chi connectivity index (χ0v) is 5.62. The predicted octanol–water partition coefficient (Wildman–Crippen LogP) is -0.618. The molecule has 0 spiro atoms. The van der Waals surface area contributed by atoms with Crippen molar-refractivity contribution in [2.24, 2.45) is 5.73 Å². The average molecular weight is 134 g/mol. The van der Waals surface area contributed by atoms with Gasteiger partial charge in [-0.15, -0.1) is 0 Å². The van der Waals surface area contributed by atoms with E-state index in [1.165, 1.54) is 0 Å². The molecule has 51 valence electrons. The Morgan fingerprint density at radius 1 is 1.30 bits per heavy atom. The first-order chi connectivity index (χ1) is 4.86. The summed E-state index contributed by atoms with van der Waals surface area (Å²) in [7, 11) is 1.07. The minimum absolute atomic E-state index is 0.547. The fourth-order valence-electron chi connectivity index (χ4n) is 0.740. The summed E-state index contributed by atoms with van der Waals surface area (Å²) in [5.74, 6) is 0. The van der Waals surface area contributed by atoms with Crippen molar-refractivity contribution in [2.75, 3.05) is 0 Å². The molecule has 1 radical (unpaired) electrons. The Bertz CT molecular complexity index is 174. The molecule has 0 aliphatic rings. The lowest BCUT2D eigenvalue weighted by Crippen LogP contribution is -2.12. The number of hydrogen-bond acceptors (Lipinski definition) is 2. The number of benzene rings is 1. The van der Waals surface area contributed by atoms with E-state index in [0.29, 0.717) is 6.54 Å². The molecule has 0 aliphatic heterocycles. The summed E-state index contributed by atoms with van der Waals surface area (Å²) < 4.78 is 0. The SMILES string of the molecule is NCc1ccc([B]O)cc1. The van der Waals surface area contributed by atoms with E-state index in [2.05, 4.69) is 0 Å². The summed E-state index contributed by atoms with van der Waals surface area (Å²) in [6, 6.07) is 7.43. The van der Waals surface area contributed by atoms with E-state index < -0.39 is 0 Å². The molecule has 1 aromatic carbocycles. The smallest absolute Gasteiger partial charge is 0.326 e. The Kier molecular flexibility index (Phi) is 2.48. The molecular weight excluding hydrogens is 125 g/mol. The van der Waals surface area contributed by atoms with Crippen molar-refractivity contribution in [3.8, 4) is 0 Å². The highest BCUT2D eigenvalue weighted by molar-refractivity contribution is 6.45. The molecule has 2 nitrogen and oxygen atoms in total. The minimum Gasteiger partial charge on any atom is -0.450 e. The molecule has 0 fully saturated rings. The zero-order chi connectivity index (χ0) is 7.40. The van der Waals surface area contributed by atoms with Gasteiger partial charge in [0, 0.05) is 6.54 Å². The fraction of sp³-hybridized carbons (Fsp3) is 0.143. The lowest BCUT2D eigenvalue weighted by molar-refractivity contribution is 0.615. The Morgan fingerprint density at radius 3 is 2.30 bits per heavy atom. The van der Waals surface area contributed by atoms with Crippen LogP contribution in [0.5, 0.6) is 0 Å². The van der Waals surface area contributed by atoms with Crippen LogP contribution in [0.15, 0.2) is 24.3 Å². The van der Waals surface area contributed by atoms with Crippen molar-refractivity contribution in [3.63, 3.8) is 0 Å². The van der Waals surface area contributed by atoms with Crippen LogP contribution in [-0.2, 0) is 6.54 Å². The largest absolute Gasteiger partial charge is 0.450 e. The van der Waals surface area contributed by atoms with Crippen LogP contribution in [0.4, 0.5) is 0 Å². The maximum absolute atomic E-state index is 8.54. The van der Waals surface area contributed by atoms with E-state index in [1.807, 2.05) is 24.3 Å². The molecule has 0 saturated carbocycles.